The maximum absolute atomic E-state index is 12.2. The van der Waals surface area contributed by atoms with Crippen LogP contribution in [0.3, 0.4) is 0 Å². The van der Waals surface area contributed by atoms with Crippen molar-refractivity contribution in [3.05, 3.63) is 40.4 Å². The van der Waals surface area contributed by atoms with Gasteiger partial charge in [0.05, 0.1) is 10.7 Å². The number of nitrogens with two attached hydrogens (primary N) is 1. The fourth-order valence-corrected chi connectivity index (χ4v) is 3.72. The first-order chi connectivity index (χ1) is 11.8. The van der Waals surface area contributed by atoms with Gasteiger partial charge in [-0.1, -0.05) is 37.4 Å². The van der Waals surface area contributed by atoms with E-state index in [1.54, 1.807) is 0 Å². The average Bonchev–Trinajstić information content (AvgIpc) is 2.99. The summed E-state index contributed by atoms with van der Waals surface area (Å²) in [6.07, 6.45) is 8.25. The van der Waals surface area contributed by atoms with E-state index >= 15 is 0 Å². The number of carbonyl (C=O) groups is 1. The van der Waals surface area contributed by atoms with Gasteiger partial charge in [0.2, 0.25) is 10.0 Å². The molecule has 25 heavy (non-hydrogen) atoms. The molecule has 1 amide bonds. The second-order valence-electron chi connectivity index (χ2n) is 5.91. The van der Waals surface area contributed by atoms with Crippen LogP contribution in [-0.4, -0.2) is 20.0 Å². The van der Waals surface area contributed by atoms with Crippen molar-refractivity contribution >= 4 is 33.2 Å². The molecule has 0 saturated heterocycles. The first-order valence-electron chi connectivity index (χ1n) is 8.21. The molecule has 6 nitrogen and oxygen atoms in total. The molecule has 0 radical (unpaired) electrons. The number of hydrazone groups is 1. The number of sulfonamides is 1. The number of allylic oxidation sites excluding steroid dienone is 2. The summed E-state index contributed by atoms with van der Waals surface area (Å²) < 4.78 is 23.0. The normalized spacial score (nSPS) is 16.1. The van der Waals surface area contributed by atoms with E-state index in [1.165, 1.54) is 17.7 Å². The van der Waals surface area contributed by atoms with Crippen molar-refractivity contribution in [3.8, 4) is 0 Å². The standard InChI is InChI=1S/C17H22ClN3O3S/c1-2-3-4-6-12-7-5-8-15(12)20-21-17(22)13-9-10-14(18)16(11-13)25(19,23)24/h7,9-11H,2-6,8H2,1H3,(H,21,22)(H2,19,23,24)/b20-15+. The van der Waals surface area contributed by atoms with Gasteiger partial charge in [0.15, 0.2) is 0 Å². The third-order valence-corrected chi connectivity index (χ3v) is 5.38. The SMILES string of the molecule is CCCCCC1=CCC/C1=N\NC(=O)c1ccc(Cl)c(S(N)(=O)=O)c1. The van der Waals surface area contributed by atoms with Gasteiger partial charge in [0, 0.05) is 5.56 Å². The molecule has 1 aliphatic carbocycles. The van der Waals surface area contributed by atoms with Gasteiger partial charge in [-0.05, 0) is 49.5 Å². The molecule has 1 aliphatic rings. The first kappa shape index (κ1) is 19.6. The highest BCUT2D eigenvalue weighted by Crippen LogP contribution is 2.22. The summed E-state index contributed by atoms with van der Waals surface area (Å²) in [5.74, 6) is -0.506. The van der Waals surface area contributed by atoms with E-state index in [2.05, 4.69) is 23.5 Å². The Hall–Kier alpha value is -1.70. The minimum Gasteiger partial charge on any atom is -0.267 e. The Kier molecular flexibility index (Phi) is 6.75. The lowest BCUT2D eigenvalue weighted by atomic mass is 10.1. The zero-order valence-electron chi connectivity index (χ0n) is 14.1. The smallest absolute Gasteiger partial charge is 0.267 e. The molecule has 0 unspecified atom stereocenters. The largest absolute Gasteiger partial charge is 0.271 e. The maximum Gasteiger partial charge on any atom is 0.271 e. The van der Waals surface area contributed by atoms with Crippen LogP contribution in [0.2, 0.25) is 5.02 Å². The molecule has 8 heteroatoms. The predicted molar refractivity (Wildman–Crippen MR) is 99.2 cm³/mol. The number of primary sulfonamides is 1. The molecular weight excluding hydrogens is 362 g/mol. The number of nitrogens with zero attached hydrogens (tertiary/aromatic N) is 1. The molecule has 0 atom stereocenters. The molecule has 0 spiro atoms. The van der Waals surface area contributed by atoms with E-state index in [0.717, 1.165) is 50.3 Å². The summed E-state index contributed by atoms with van der Waals surface area (Å²) in [5.41, 5.74) is 4.68. The summed E-state index contributed by atoms with van der Waals surface area (Å²) in [7, 11) is -4.00. The Morgan fingerprint density at radius 1 is 1.36 bits per heavy atom. The average molecular weight is 384 g/mol. The number of hydrogen-bond acceptors (Lipinski definition) is 4. The van der Waals surface area contributed by atoms with Gasteiger partial charge in [-0.2, -0.15) is 5.10 Å². The summed E-state index contributed by atoms with van der Waals surface area (Å²) in [5, 5.41) is 9.28. The first-order valence-corrected chi connectivity index (χ1v) is 10.1. The lowest BCUT2D eigenvalue weighted by Crippen LogP contribution is -2.21. The Balaban J connectivity index is 2.09. The van der Waals surface area contributed by atoms with Crippen LogP contribution in [-0.2, 0) is 10.0 Å². The molecular formula is C17H22ClN3O3S. The Morgan fingerprint density at radius 3 is 2.80 bits per heavy atom. The van der Waals surface area contributed by atoms with Crippen molar-refractivity contribution in [1.29, 1.82) is 0 Å². The Labute approximate surface area is 153 Å². The highest BCUT2D eigenvalue weighted by Gasteiger charge is 2.17. The molecule has 0 aromatic heterocycles. The second kappa shape index (κ2) is 8.60. The van der Waals surface area contributed by atoms with E-state index in [1.807, 2.05) is 0 Å². The maximum atomic E-state index is 12.2. The molecule has 3 N–H and O–H groups in total. The van der Waals surface area contributed by atoms with Crippen LogP contribution in [0.4, 0.5) is 0 Å². The predicted octanol–water partition coefficient (Wildman–Crippen LogP) is 3.37. The van der Waals surface area contributed by atoms with E-state index < -0.39 is 15.9 Å². The molecule has 136 valence electrons. The number of rotatable bonds is 7. The fraction of sp³-hybridized carbons (Fsp3) is 0.412. The van der Waals surface area contributed by atoms with Crippen LogP contribution in [0.5, 0.6) is 0 Å². The summed E-state index contributed by atoms with van der Waals surface area (Å²) in [6.45, 7) is 2.15. The Bertz CT molecular complexity index is 816. The molecule has 1 aromatic carbocycles. The van der Waals surface area contributed by atoms with Crippen LogP contribution in [0.15, 0.2) is 39.8 Å². The highest BCUT2D eigenvalue weighted by molar-refractivity contribution is 7.89. The third kappa shape index (κ3) is 5.39. The molecule has 1 aromatic rings. The monoisotopic (exact) mass is 383 g/mol. The second-order valence-corrected chi connectivity index (χ2v) is 7.85. The van der Waals surface area contributed by atoms with Gasteiger partial charge in [-0.25, -0.2) is 19.0 Å². The number of amides is 1. The zero-order valence-corrected chi connectivity index (χ0v) is 15.7. The summed E-state index contributed by atoms with van der Waals surface area (Å²) in [4.78, 5) is 12.0. The van der Waals surface area contributed by atoms with Crippen LogP contribution in [0, 0.1) is 0 Å². The van der Waals surface area contributed by atoms with Gasteiger partial charge >= 0.3 is 0 Å². The van der Waals surface area contributed by atoms with Crippen LogP contribution >= 0.6 is 11.6 Å². The summed E-state index contributed by atoms with van der Waals surface area (Å²) >= 11 is 5.82. The number of halogens is 1. The van der Waals surface area contributed by atoms with Crippen molar-refractivity contribution < 1.29 is 13.2 Å². The quantitative estimate of drug-likeness (QED) is 0.557. The lowest BCUT2D eigenvalue weighted by Gasteiger charge is -2.07. The Morgan fingerprint density at radius 2 is 2.12 bits per heavy atom. The fourth-order valence-electron chi connectivity index (χ4n) is 2.65. The topological polar surface area (TPSA) is 102 Å². The number of carbonyl (C=O) groups excluding carboxylic acids is 1. The van der Waals surface area contributed by atoms with Gasteiger partial charge in [0.1, 0.15) is 4.90 Å². The van der Waals surface area contributed by atoms with Crippen molar-refractivity contribution in [2.45, 2.75) is 50.3 Å². The molecule has 0 heterocycles. The van der Waals surface area contributed by atoms with E-state index in [4.69, 9.17) is 16.7 Å². The molecule has 0 aliphatic heterocycles. The van der Waals surface area contributed by atoms with Gasteiger partial charge in [-0.15, -0.1) is 0 Å². The third-order valence-electron chi connectivity index (χ3n) is 3.98. The number of benzene rings is 1. The minimum atomic E-state index is -4.00. The van der Waals surface area contributed by atoms with Crippen molar-refractivity contribution in [2.24, 2.45) is 10.2 Å². The van der Waals surface area contributed by atoms with Crippen LogP contribution in [0.25, 0.3) is 0 Å². The number of hydrogen-bond donors (Lipinski definition) is 2. The molecule has 2 rings (SSSR count). The van der Waals surface area contributed by atoms with Crippen molar-refractivity contribution in [2.75, 3.05) is 0 Å². The lowest BCUT2D eigenvalue weighted by molar-refractivity contribution is 0.0954. The van der Waals surface area contributed by atoms with E-state index in [9.17, 15) is 13.2 Å². The zero-order chi connectivity index (χ0) is 18.4. The van der Waals surface area contributed by atoms with Crippen LogP contribution < -0.4 is 10.6 Å². The minimum absolute atomic E-state index is 0.0256. The van der Waals surface area contributed by atoms with Gasteiger partial charge in [-0.3, -0.25) is 4.79 Å². The van der Waals surface area contributed by atoms with Crippen molar-refractivity contribution in [3.63, 3.8) is 0 Å². The van der Waals surface area contributed by atoms with Crippen LogP contribution in [0.1, 0.15) is 55.8 Å². The van der Waals surface area contributed by atoms with Gasteiger partial charge in [0.25, 0.3) is 5.91 Å². The molecule has 0 fully saturated rings. The van der Waals surface area contributed by atoms with Crippen molar-refractivity contribution in [1.82, 2.24) is 5.43 Å². The molecule has 0 bridgehead atoms. The van der Waals surface area contributed by atoms with E-state index in [0.29, 0.717) is 0 Å². The highest BCUT2D eigenvalue weighted by atomic mass is 35.5. The van der Waals surface area contributed by atoms with Gasteiger partial charge < -0.3 is 0 Å². The number of unbranched alkanes of at least 4 members (excludes halogenated alkanes) is 2. The summed E-state index contributed by atoms with van der Waals surface area (Å²) in [6, 6.07) is 3.91. The number of nitrogens with one attached hydrogen (secondary N) is 1. The molecule has 0 saturated carbocycles. The van der Waals surface area contributed by atoms with E-state index in [-0.39, 0.29) is 15.5 Å².